The molecule has 1 fully saturated rings. The Balaban J connectivity index is 1.53. The summed E-state index contributed by atoms with van der Waals surface area (Å²) in [6.45, 7) is 1.78. The van der Waals surface area contributed by atoms with Gasteiger partial charge in [-0.1, -0.05) is 6.07 Å². The third-order valence-electron chi connectivity index (χ3n) is 4.07. The van der Waals surface area contributed by atoms with E-state index in [0.717, 1.165) is 25.9 Å². The average molecular weight is 331 g/mol. The van der Waals surface area contributed by atoms with E-state index in [1.165, 1.54) is 18.2 Å². The van der Waals surface area contributed by atoms with Gasteiger partial charge in [0.15, 0.2) is 0 Å². The van der Waals surface area contributed by atoms with Gasteiger partial charge in [0.2, 0.25) is 5.91 Å². The first-order valence-corrected chi connectivity index (χ1v) is 7.94. The Bertz CT molecular complexity index is 821. The predicted octanol–water partition coefficient (Wildman–Crippen LogP) is 1.46. The highest BCUT2D eigenvalue weighted by Crippen LogP contribution is 2.24. The number of amides is 1. The van der Waals surface area contributed by atoms with Crippen LogP contribution in [0.3, 0.4) is 0 Å². The first-order valence-electron chi connectivity index (χ1n) is 7.94. The molecule has 0 aliphatic carbocycles. The fraction of sp³-hybridized carbons (Fsp3) is 0.353. The van der Waals surface area contributed by atoms with E-state index >= 15 is 0 Å². The lowest BCUT2D eigenvalue weighted by atomic mass is 10.1. The number of nitrogens with one attached hydrogen (secondary N) is 2. The Hall–Kier alpha value is -2.70. The van der Waals surface area contributed by atoms with E-state index in [4.69, 9.17) is 0 Å². The van der Waals surface area contributed by atoms with Crippen molar-refractivity contribution < 1.29 is 9.18 Å². The SMILES string of the molecule is O=C(CCNc1c(N2CCCC2)c(=O)c1=O)Nc1cccc(F)c1. The summed E-state index contributed by atoms with van der Waals surface area (Å²) in [5.41, 5.74) is 0.154. The Morgan fingerprint density at radius 2 is 1.92 bits per heavy atom. The van der Waals surface area contributed by atoms with Gasteiger partial charge < -0.3 is 15.5 Å². The van der Waals surface area contributed by atoms with Crippen LogP contribution >= 0.6 is 0 Å². The highest BCUT2D eigenvalue weighted by molar-refractivity contribution is 5.91. The lowest BCUT2D eigenvalue weighted by Crippen LogP contribution is -2.42. The minimum atomic E-state index is -0.526. The van der Waals surface area contributed by atoms with Crippen molar-refractivity contribution in [1.29, 1.82) is 0 Å². The molecule has 0 aromatic heterocycles. The molecule has 6 nitrogen and oxygen atoms in total. The monoisotopic (exact) mass is 331 g/mol. The fourth-order valence-electron chi connectivity index (χ4n) is 2.88. The van der Waals surface area contributed by atoms with Gasteiger partial charge in [0.05, 0.1) is 0 Å². The molecule has 7 heteroatoms. The van der Waals surface area contributed by atoms with Crippen molar-refractivity contribution in [3.8, 4) is 0 Å². The van der Waals surface area contributed by atoms with Crippen LogP contribution in [0.4, 0.5) is 21.5 Å². The zero-order valence-corrected chi connectivity index (χ0v) is 13.1. The second kappa shape index (κ2) is 6.82. The van der Waals surface area contributed by atoms with Gasteiger partial charge >= 0.3 is 0 Å². The van der Waals surface area contributed by atoms with Crippen molar-refractivity contribution >= 4 is 23.0 Å². The largest absolute Gasteiger partial charge is 0.379 e. The highest BCUT2D eigenvalue weighted by Gasteiger charge is 2.27. The van der Waals surface area contributed by atoms with Gasteiger partial charge in [0.1, 0.15) is 17.2 Å². The summed E-state index contributed by atoms with van der Waals surface area (Å²) in [4.78, 5) is 37.2. The Morgan fingerprint density at radius 1 is 1.17 bits per heavy atom. The smallest absolute Gasteiger partial charge is 0.253 e. The molecule has 126 valence electrons. The van der Waals surface area contributed by atoms with Crippen molar-refractivity contribution in [2.75, 3.05) is 35.2 Å². The minimum absolute atomic E-state index is 0.106. The average Bonchev–Trinajstić information content (AvgIpc) is 3.07. The molecule has 0 bridgehead atoms. The zero-order chi connectivity index (χ0) is 17.1. The van der Waals surface area contributed by atoms with Crippen LogP contribution in [0, 0.1) is 5.82 Å². The molecule has 0 unspecified atom stereocenters. The number of anilines is 3. The maximum absolute atomic E-state index is 13.1. The molecule has 2 N–H and O–H groups in total. The molecule has 1 aliphatic rings. The van der Waals surface area contributed by atoms with Crippen LogP contribution in [-0.4, -0.2) is 25.5 Å². The van der Waals surface area contributed by atoms with Gasteiger partial charge in [-0.25, -0.2) is 4.39 Å². The van der Waals surface area contributed by atoms with Gasteiger partial charge in [-0.05, 0) is 31.0 Å². The van der Waals surface area contributed by atoms with Crippen LogP contribution in [-0.2, 0) is 4.79 Å². The third kappa shape index (κ3) is 3.29. The molecular formula is C17H18FN3O3. The van der Waals surface area contributed by atoms with Crippen LogP contribution < -0.4 is 26.4 Å². The summed E-state index contributed by atoms with van der Waals surface area (Å²) in [7, 11) is 0. The third-order valence-corrected chi connectivity index (χ3v) is 4.07. The van der Waals surface area contributed by atoms with Crippen LogP contribution in [0.25, 0.3) is 0 Å². The van der Waals surface area contributed by atoms with Crippen molar-refractivity contribution in [2.45, 2.75) is 19.3 Å². The fourth-order valence-corrected chi connectivity index (χ4v) is 2.88. The lowest BCUT2D eigenvalue weighted by Gasteiger charge is -2.22. The summed E-state index contributed by atoms with van der Waals surface area (Å²) in [5.74, 6) is -0.723. The first-order chi connectivity index (χ1) is 11.6. The number of hydrogen-bond acceptors (Lipinski definition) is 5. The Morgan fingerprint density at radius 3 is 2.62 bits per heavy atom. The summed E-state index contributed by atoms with van der Waals surface area (Å²) in [6, 6.07) is 5.63. The molecule has 1 aliphatic heterocycles. The van der Waals surface area contributed by atoms with E-state index < -0.39 is 16.7 Å². The van der Waals surface area contributed by atoms with Crippen LogP contribution in [0.15, 0.2) is 33.9 Å². The molecule has 0 radical (unpaired) electrons. The standard InChI is InChI=1S/C17H18FN3O3/c18-11-4-3-5-12(10-11)20-13(22)6-7-19-14-15(17(24)16(14)23)21-8-1-2-9-21/h3-5,10,19H,1-2,6-9H2,(H,20,22). The topological polar surface area (TPSA) is 78.5 Å². The second-order valence-electron chi connectivity index (χ2n) is 5.81. The van der Waals surface area contributed by atoms with Crippen molar-refractivity contribution in [2.24, 2.45) is 0 Å². The van der Waals surface area contributed by atoms with Gasteiger partial charge in [0, 0.05) is 31.7 Å². The van der Waals surface area contributed by atoms with E-state index in [1.807, 2.05) is 4.90 Å². The van der Waals surface area contributed by atoms with Crippen LogP contribution in [0.1, 0.15) is 19.3 Å². The van der Waals surface area contributed by atoms with Crippen molar-refractivity contribution in [3.63, 3.8) is 0 Å². The summed E-state index contributed by atoms with van der Waals surface area (Å²) < 4.78 is 13.1. The number of carbonyl (C=O) groups excluding carboxylic acids is 1. The Kier molecular flexibility index (Phi) is 4.59. The molecular weight excluding hydrogens is 313 g/mol. The van der Waals surface area contributed by atoms with E-state index in [0.29, 0.717) is 17.1 Å². The molecule has 24 heavy (non-hydrogen) atoms. The molecule has 2 aromatic rings. The summed E-state index contributed by atoms with van der Waals surface area (Å²) in [6.07, 6.45) is 2.12. The highest BCUT2D eigenvalue weighted by atomic mass is 19.1. The number of benzene rings is 1. The van der Waals surface area contributed by atoms with Gasteiger partial charge in [0.25, 0.3) is 10.9 Å². The van der Waals surface area contributed by atoms with Crippen LogP contribution in [0.5, 0.6) is 0 Å². The number of hydrogen-bond donors (Lipinski definition) is 2. The molecule has 2 aromatic carbocycles. The number of rotatable bonds is 6. The number of nitrogens with zero attached hydrogens (tertiary/aromatic N) is 1. The first kappa shape index (κ1) is 16.2. The number of carbonyl (C=O) groups is 1. The quantitative estimate of drug-likeness (QED) is 0.784. The summed E-state index contributed by atoms with van der Waals surface area (Å²) >= 11 is 0. The molecule has 0 saturated carbocycles. The Labute approximate surface area is 138 Å². The van der Waals surface area contributed by atoms with E-state index in [2.05, 4.69) is 10.6 Å². The predicted molar refractivity (Wildman–Crippen MR) is 90.9 cm³/mol. The number of halogens is 1. The molecule has 1 saturated heterocycles. The normalized spacial score (nSPS) is 14.1. The summed E-state index contributed by atoms with van der Waals surface area (Å²) in [5, 5.41) is 5.47. The lowest BCUT2D eigenvalue weighted by molar-refractivity contribution is -0.115. The molecule has 1 amide bonds. The van der Waals surface area contributed by atoms with Crippen molar-refractivity contribution in [3.05, 3.63) is 50.5 Å². The molecule has 1 heterocycles. The van der Waals surface area contributed by atoms with E-state index in [-0.39, 0.29) is 18.9 Å². The van der Waals surface area contributed by atoms with Gasteiger partial charge in [-0.2, -0.15) is 0 Å². The van der Waals surface area contributed by atoms with E-state index in [9.17, 15) is 18.8 Å². The minimum Gasteiger partial charge on any atom is -0.379 e. The van der Waals surface area contributed by atoms with Crippen molar-refractivity contribution in [1.82, 2.24) is 0 Å². The van der Waals surface area contributed by atoms with E-state index in [1.54, 1.807) is 6.07 Å². The maximum atomic E-state index is 13.1. The molecule has 3 rings (SSSR count). The molecule has 0 spiro atoms. The molecule has 0 atom stereocenters. The maximum Gasteiger partial charge on any atom is 0.253 e. The van der Waals surface area contributed by atoms with Crippen LogP contribution in [0.2, 0.25) is 0 Å². The van der Waals surface area contributed by atoms with Gasteiger partial charge in [-0.15, -0.1) is 0 Å². The second-order valence-corrected chi connectivity index (χ2v) is 5.81. The van der Waals surface area contributed by atoms with Gasteiger partial charge in [-0.3, -0.25) is 14.4 Å². The zero-order valence-electron chi connectivity index (χ0n) is 13.1.